The Bertz CT molecular complexity index is 1180. The number of nitrogens with one attached hydrogen (secondary N) is 1. The molecule has 0 spiro atoms. The Morgan fingerprint density at radius 1 is 1.23 bits per heavy atom. The lowest BCUT2D eigenvalue weighted by atomic mass is 9.73. The topological polar surface area (TPSA) is 146 Å². The number of Topliss-reactive ketones (excluding diaryl/α,β-unsaturated/α-hetero) is 1. The van der Waals surface area contributed by atoms with Crippen LogP contribution in [0.3, 0.4) is 0 Å². The Labute approximate surface area is 236 Å². The van der Waals surface area contributed by atoms with E-state index in [2.05, 4.69) is 9.71 Å². The lowest BCUT2D eigenvalue weighted by molar-refractivity contribution is -0.154. The second-order valence-electron chi connectivity index (χ2n) is 11.6. The number of hydrogen-bond acceptors (Lipinski definition) is 9. The molecule has 0 aliphatic carbocycles. The molecule has 2 aliphatic heterocycles. The first-order valence-electron chi connectivity index (χ1n) is 13.5. The molecule has 0 amide bonds. The summed E-state index contributed by atoms with van der Waals surface area (Å²) in [4.78, 5) is 30.8. The molecule has 12 heteroatoms. The van der Waals surface area contributed by atoms with E-state index in [1.165, 1.54) is 22.7 Å². The third-order valence-corrected chi connectivity index (χ3v) is 10.7. The van der Waals surface area contributed by atoms with Crippen molar-refractivity contribution in [3.8, 4) is 0 Å². The van der Waals surface area contributed by atoms with Crippen molar-refractivity contribution in [1.82, 2.24) is 14.0 Å². The molecule has 0 saturated carbocycles. The Morgan fingerprint density at radius 2 is 1.90 bits per heavy atom. The van der Waals surface area contributed by atoms with Crippen LogP contribution in [0.15, 0.2) is 11.0 Å². The number of ketones is 1. The van der Waals surface area contributed by atoms with Gasteiger partial charge in [-0.3, -0.25) is 9.59 Å². The van der Waals surface area contributed by atoms with Gasteiger partial charge in [0.15, 0.2) is 0 Å². The summed E-state index contributed by atoms with van der Waals surface area (Å²) >= 11 is 1.49. The zero-order valence-corrected chi connectivity index (χ0v) is 25.5. The summed E-state index contributed by atoms with van der Waals surface area (Å²) in [7, 11) is -2.35. The number of esters is 1. The maximum atomic E-state index is 13.3. The van der Waals surface area contributed by atoms with E-state index in [4.69, 9.17) is 4.74 Å². The molecule has 2 fully saturated rings. The highest BCUT2D eigenvalue weighted by Crippen LogP contribution is 2.41. The highest BCUT2D eigenvalue weighted by atomic mass is 32.2. The van der Waals surface area contributed by atoms with Crippen molar-refractivity contribution < 1.29 is 33.0 Å². The lowest BCUT2D eigenvalue weighted by Crippen LogP contribution is -2.45. The number of fused-ring (bicyclic) bond motifs is 1. The lowest BCUT2D eigenvalue weighted by Gasteiger charge is -2.34. The highest BCUT2D eigenvalue weighted by molar-refractivity contribution is 7.87. The summed E-state index contributed by atoms with van der Waals surface area (Å²) in [5.74, 6) is -1.97. The molecule has 1 aromatic rings. The number of aryl methyl sites for hydroxylation is 1. The monoisotopic (exact) mass is 585 g/mol. The summed E-state index contributed by atoms with van der Waals surface area (Å²) in [5, 5.41) is 24.6. The van der Waals surface area contributed by atoms with Crippen LogP contribution < -0.4 is 4.72 Å². The number of aliphatic hydroxyl groups excluding tert-OH is 2. The number of ether oxygens (including phenoxy) is 1. The second kappa shape index (κ2) is 12.4. The van der Waals surface area contributed by atoms with Crippen LogP contribution in [0.1, 0.15) is 77.4 Å². The van der Waals surface area contributed by atoms with E-state index >= 15 is 0 Å². The number of hydrogen-bond donors (Lipinski definition) is 3. The number of thiazole rings is 1. The Hall–Kier alpha value is -1.70. The number of aromatic nitrogens is 1. The van der Waals surface area contributed by atoms with Crippen LogP contribution in [-0.2, 0) is 24.5 Å². The maximum Gasteiger partial charge on any atom is 0.309 e. The Balaban J connectivity index is 1.95. The summed E-state index contributed by atoms with van der Waals surface area (Å²) in [6.45, 7) is 10.4. The second-order valence-corrected chi connectivity index (χ2v) is 14.4. The molecule has 10 nitrogen and oxygen atoms in total. The number of carbonyl (C=O) groups excluding carboxylic acids is 2. The molecule has 3 unspecified atom stereocenters. The van der Waals surface area contributed by atoms with Gasteiger partial charge in [-0.05, 0) is 44.3 Å². The SMILES string of the molecule is CNS(=O)(=O)N1C2CCC[C@H](C)[C@H](O)[C@@H](C)C(=O)C(C)(C)C(O)CC(=O)O[C@H](/C(C)=C/c3csc(C)n3)C[C@@H]21. The smallest absolute Gasteiger partial charge is 0.309 e. The molecule has 3 rings (SSSR count). The quantitative estimate of drug-likeness (QED) is 0.361. The summed E-state index contributed by atoms with van der Waals surface area (Å²) in [5.41, 5.74) is 0.143. The third kappa shape index (κ3) is 7.34. The van der Waals surface area contributed by atoms with Gasteiger partial charge in [0.1, 0.15) is 11.9 Å². The van der Waals surface area contributed by atoms with Crippen molar-refractivity contribution in [1.29, 1.82) is 0 Å². The van der Waals surface area contributed by atoms with E-state index in [1.807, 2.05) is 32.2 Å². The molecular formula is C27H43N3O7S2. The van der Waals surface area contributed by atoms with Crippen LogP contribution in [0.5, 0.6) is 0 Å². The molecule has 3 heterocycles. The van der Waals surface area contributed by atoms with E-state index in [-0.39, 0.29) is 30.2 Å². The van der Waals surface area contributed by atoms with Gasteiger partial charge in [-0.2, -0.15) is 12.7 Å². The molecule has 39 heavy (non-hydrogen) atoms. The van der Waals surface area contributed by atoms with Crippen molar-refractivity contribution in [2.75, 3.05) is 7.05 Å². The molecule has 8 atom stereocenters. The van der Waals surface area contributed by atoms with Crippen LogP contribution >= 0.6 is 11.3 Å². The van der Waals surface area contributed by atoms with Crippen LogP contribution in [-0.4, -0.2) is 77.1 Å². The van der Waals surface area contributed by atoms with Crippen molar-refractivity contribution in [2.45, 2.75) is 104 Å². The van der Waals surface area contributed by atoms with E-state index in [1.54, 1.807) is 20.8 Å². The van der Waals surface area contributed by atoms with Gasteiger partial charge < -0.3 is 14.9 Å². The first-order valence-corrected chi connectivity index (χ1v) is 15.8. The van der Waals surface area contributed by atoms with Gasteiger partial charge in [0.25, 0.3) is 10.2 Å². The van der Waals surface area contributed by atoms with Crippen molar-refractivity contribution >= 4 is 39.4 Å². The first-order chi connectivity index (χ1) is 18.1. The van der Waals surface area contributed by atoms with Gasteiger partial charge in [-0.15, -0.1) is 11.3 Å². The van der Waals surface area contributed by atoms with E-state index < -0.39 is 52.2 Å². The van der Waals surface area contributed by atoms with Gasteiger partial charge in [0.05, 0.1) is 34.7 Å². The molecule has 0 bridgehead atoms. The first kappa shape index (κ1) is 31.8. The minimum Gasteiger partial charge on any atom is -0.458 e. The minimum atomic E-state index is -3.71. The third-order valence-electron chi connectivity index (χ3n) is 8.29. The largest absolute Gasteiger partial charge is 0.458 e. The molecule has 2 aliphatic rings. The van der Waals surface area contributed by atoms with Crippen molar-refractivity contribution in [3.05, 3.63) is 21.7 Å². The zero-order chi connectivity index (χ0) is 29.3. The van der Waals surface area contributed by atoms with E-state index in [0.717, 1.165) is 10.7 Å². The van der Waals surface area contributed by atoms with Gasteiger partial charge >= 0.3 is 5.97 Å². The molecule has 0 aromatic carbocycles. The fourth-order valence-corrected chi connectivity index (χ4v) is 7.42. The van der Waals surface area contributed by atoms with Gasteiger partial charge in [-0.1, -0.05) is 34.1 Å². The fourth-order valence-electron chi connectivity index (χ4n) is 5.51. The fraction of sp³-hybridized carbons (Fsp3) is 0.741. The minimum absolute atomic E-state index is 0.208. The average Bonchev–Trinajstić information content (AvgIpc) is 3.41. The van der Waals surface area contributed by atoms with Gasteiger partial charge in [0.2, 0.25) is 0 Å². The molecule has 3 N–H and O–H groups in total. The van der Waals surface area contributed by atoms with E-state index in [0.29, 0.717) is 24.8 Å². The summed E-state index contributed by atoms with van der Waals surface area (Å²) in [6, 6.07) is -0.658. The number of aliphatic hydroxyl groups is 2. The molecule has 0 radical (unpaired) electrons. The number of rotatable bonds is 4. The van der Waals surface area contributed by atoms with Crippen molar-refractivity contribution in [2.24, 2.45) is 17.3 Å². The van der Waals surface area contributed by atoms with Gasteiger partial charge in [0, 0.05) is 36.9 Å². The van der Waals surface area contributed by atoms with Crippen molar-refractivity contribution in [3.63, 3.8) is 0 Å². The average molecular weight is 586 g/mol. The molecule has 1 aromatic heterocycles. The normalized spacial score (nSPS) is 35.3. The highest BCUT2D eigenvalue weighted by Gasteiger charge is 2.55. The number of nitrogens with zero attached hydrogens (tertiary/aromatic N) is 2. The van der Waals surface area contributed by atoms with E-state index in [9.17, 15) is 28.2 Å². The summed E-state index contributed by atoms with van der Waals surface area (Å²) in [6.07, 6.45) is 0.492. The maximum absolute atomic E-state index is 13.3. The molecule has 220 valence electrons. The Kier molecular flexibility index (Phi) is 10.2. The predicted molar refractivity (Wildman–Crippen MR) is 150 cm³/mol. The summed E-state index contributed by atoms with van der Waals surface area (Å²) < 4.78 is 35.2. The number of cyclic esters (lactones) is 1. The zero-order valence-electron chi connectivity index (χ0n) is 23.9. The molecular weight excluding hydrogens is 542 g/mol. The molecule has 2 saturated heterocycles. The van der Waals surface area contributed by atoms with Crippen LogP contribution in [0.4, 0.5) is 0 Å². The van der Waals surface area contributed by atoms with Crippen LogP contribution in [0.2, 0.25) is 0 Å². The number of carbonyl (C=O) groups is 2. The Morgan fingerprint density at radius 3 is 2.49 bits per heavy atom. The van der Waals surface area contributed by atoms with Crippen LogP contribution in [0.25, 0.3) is 6.08 Å². The van der Waals surface area contributed by atoms with Crippen LogP contribution in [0, 0.1) is 24.2 Å². The van der Waals surface area contributed by atoms with Gasteiger partial charge in [-0.25, -0.2) is 9.71 Å². The predicted octanol–water partition coefficient (Wildman–Crippen LogP) is 2.84. The standard InChI is InChI=1S/C27H43N3O7S2/c1-15-9-8-10-20-21(30(20)39(35,36)28-7)12-22(16(2)11-19-14-38-18(4)29-19)37-24(32)13-23(31)27(5,6)26(34)17(3)25(15)33/h11,14-15,17,20-23,25,28,31,33H,8-10,12-13H2,1-7H3/b16-11+/t15-,17+,20?,21-,22-,23?,25-,30?/m0/s1.